The van der Waals surface area contributed by atoms with Crippen LogP contribution >= 0.6 is 0 Å². The van der Waals surface area contributed by atoms with Crippen LogP contribution in [0.25, 0.3) is 0 Å². The zero-order valence-corrected chi connectivity index (χ0v) is 11.7. The molecule has 0 bridgehead atoms. The number of methoxy groups -OCH3 is 3. The van der Waals surface area contributed by atoms with E-state index in [2.05, 4.69) is 10.6 Å². The monoisotopic (exact) mass is 254 g/mol. The fraction of sp³-hybridized carbons (Fsp3) is 0.538. The highest BCUT2D eigenvalue weighted by Crippen LogP contribution is 2.37. The SMILES string of the molecule is CNCC(NC)c1cc(OC)c(OC)cc1OC. The van der Waals surface area contributed by atoms with E-state index in [9.17, 15) is 0 Å². The molecule has 0 spiro atoms. The second kappa shape index (κ2) is 7.08. The number of rotatable bonds is 7. The average molecular weight is 254 g/mol. The topological polar surface area (TPSA) is 51.8 Å². The lowest BCUT2D eigenvalue weighted by Crippen LogP contribution is -2.27. The normalized spacial score (nSPS) is 12.1. The van der Waals surface area contributed by atoms with E-state index in [1.165, 1.54) is 0 Å². The molecule has 0 aliphatic rings. The maximum Gasteiger partial charge on any atom is 0.164 e. The van der Waals surface area contributed by atoms with Gasteiger partial charge in [0, 0.05) is 24.2 Å². The highest BCUT2D eigenvalue weighted by Gasteiger charge is 2.18. The van der Waals surface area contributed by atoms with E-state index in [4.69, 9.17) is 14.2 Å². The number of hydrogen-bond acceptors (Lipinski definition) is 5. The molecule has 2 N–H and O–H groups in total. The van der Waals surface area contributed by atoms with Gasteiger partial charge in [0.2, 0.25) is 0 Å². The maximum absolute atomic E-state index is 5.41. The van der Waals surface area contributed by atoms with Gasteiger partial charge in [-0.25, -0.2) is 0 Å². The molecule has 0 amide bonds. The van der Waals surface area contributed by atoms with Gasteiger partial charge >= 0.3 is 0 Å². The van der Waals surface area contributed by atoms with Crippen molar-refractivity contribution in [1.82, 2.24) is 10.6 Å². The number of nitrogens with one attached hydrogen (secondary N) is 2. The summed E-state index contributed by atoms with van der Waals surface area (Å²) in [7, 11) is 8.72. The number of benzene rings is 1. The first-order valence-corrected chi connectivity index (χ1v) is 5.83. The molecule has 0 aromatic heterocycles. The highest BCUT2D eigenvalue weighted by atomic mass is 16.5. The first-order valence-electron chi connectivity index (χ1n) is 5.83. The van der Waals surface area contributed by atoms with Gasteiger partial charge in [0.05, 0.1) is 21.3 Å². The van der Waals surface area contributed by atoms with E-state index in [0.717, 1.165) is 17.9 Å². The first kappa shape index (κ1) is 14.6. The van der Waals surface area contributed by atoms with Crippen molar-refractivity contribution in [3.8, 4) is 17.2 Å². The zero-order chi connectivity index (χ0) is 13.5. The van der Waals surface area contributed by atoms with Gasteiger partial charge in [0.25, 0.3) is 0 Å². The molecule has 0 fully saturated rings. The minimum absolute atomic E-state index is 0.143. The fourth-order valence-corrected chi connectivity index (χ4v) is 1.90. The summed E-state index contributed by atoms with van der Waals surface area (Å²) < 4.78 is 16.0. The molecule has 5 nitrogen and oxygen atoms in total. The summed E-state index contributed by atoms with van der Waals surface area (Å²) in [4.78, 5) is 0. The molecule has 5 heteroatoms. The van der Waals surface area contributed by atoms with Crippen molar-refractivity contribution in [2.24, 2.45) is 0 Å². The summed E-state index contributed by atoms with van der Waals surface area (Å²) in [5.74, 6) is 2.14. The predicted octanol–water partition coefficient (Wildman–Crippen LogP) is 1.19. The van der Waals surface area contributed by atoms with E-state index in [-0.39, 0.29) is 6.04 Å². The van der Waals surface area contributed by atoms with Crippen LogP contribution in [0.3, 0.4) is 0 Å². The predicted molar refractivity (Wildman–Crippen MR) is 71.8 cm³/mol. The van der Waals surface area contributed by atoms with Crippen molar-refractivity contribution in [2.75, 3.05) is 42.0 Å². The smallest absolute Gasteiger partial charge is 0.164 e. The van der Waals surface area contributed by atoms with Gasteiger partial charge in [0.1, 0.15) is 5.75 Å². The summed E-state index contributed by atoms with van der Waals surface area (Å²) in [6, 6.07) is 3.93. The van der Waals surface area contributed by atoms with Crippen molar-refractivity contribution < 1.29 is 14.2 Å². The van der Waals surface area contributed by atoms with Gasteiger partial charge in [-0.1, -0.05) is 0 Å². The van der Waals surface area contributed by atoms with Crippen LogP contribution in [0.4, 0.5) is 0 Å². The molecule has 1 unspecified atom stereocenters. The molecule has 18 heavy (non-hydrogen) atoms. The average Bonchev–Trinajstić information content (AvgIpc) is 2.43. The highest BCUT2D eigenvalue weighted by molar-refractivity contribution is 5.51. The first-order chi connectivity index (χ1) is 8.71. The van der Waals surface area contributed by atoms with Gasteiger partial charge in [-0.2, -0.15) is 0 Å². The molecule has 0 saturated carbocycles. The number of likely N-dealkylation sites (N-methyl/N-ethyl adjacent to an activating group) is 2. The van der Waals surface area contributed by atoms with Crippen molar-refractivity contribution in [3.63, 3.8) is 0 Å². The molecule has 1 aromatic carbocycles. The van der Waals surface area contributed by atoms with Crippen LogP contribution in [0.15, 0.2) is 12.1 Å². The second-order valence-corrected chi connectivity index (χ2v) is 3.85. The van der Waals surface area contributed by atoms with Gasteiger partial charge in [-0.15, -0.1) is 0 Å². The van der Waals surface area contributed by atoms with E-state index in [1.54, 1.807) is 21.3 Å². The van der Waals surface area contributed by atoms with Crippen molar-refractivity contribution >= 4 is 0 Å². The lowest BCUT2D eigenvalue weighted by atomic mass is 10.0. The Morgan fingerprint density at radius 2 is 1.50 bits per heavy atom. The van der Waals surface area contributed by atoms with E-state index in [1.807, 2.05) is 26.2 Å². The van der Waals surface area contributed by atoms with Crippen LogP contribution in [0, 0.1) is 0 Å². The van der Waals surface area contributed by atoms with Crippen LogP contribution < -0.4 is 24.8 Å². The Labute approximate surface area is 108 Å². The molecular weight excluding hydrogens is 232 g/mol. The minimum Gasteiger partial charge on any atom is -0.496 e. The van der Waals surface area contributed by atoms with Crippen LogP contribution in [0.5, 0.6) is 17.2 Å². The van der Waals surface area contributed by atoms with Gasteiger partial charge in [0.15, 0.2) is 11.5 Å². The Hall–Kier alpha value is -1.46. The molecule has 0 radical (unpaired) electrons. The Morgan fingerprint density at radius 1 is 0.944 bits per heavy atom. The standard InChI is InChI=1S/C13H22N2O3/c1-14-8-10(15-2)9-6-12(17-4)13(18-5)7-11(9)16-3/h6-7,10,14-15H,8H2,1-5H3. The molecule has 102 valence electrons. The third-order valence-corrected chi connectivity index (χ3v) is 2.87. The van der Waals surface area contributed by atoms with Gasteiger partial charge in [-0.3, -0.25) is 0 Å². The summed E-state index contributed by atoms with van der Waals surface area (Å²) in [6.45, 7) is 0.794. The molecular formula is C13H22N2O3. The van der Waals surface area contributed by atoms with E-state index >= 15 is 0 Å². The zero-order valence-electron chi connectivity index (χ0n) is 11.7. The molecule has 1 aromatic rings. The third-order valence-electron chi connectivity index (χ3n) is 2.87. The Balaban J connectivity index is 3.23. The molecule has 0 heterocycles. The summed E-state index contributed by atoms with van der Waals surface area (Å²) in [5, 5.41) is 6.39. The van der Waals surface area contributed by atoms with Crippen LogP contribution in [0.1, 0.15) is 11.6 Å². The van der Waals surface area contributed by atoms with Crippen molar-refractivity contribution in [3.05, 3.63) is 17.7 Å². The third kappa shape index (κ3) is 3.05. The lowest BCUT2D eigenvalue weighted by molar-refractivity contribution is 0.345. The lowest BCUT2D eigenvalue weighted by Gasteiger charge is -2.21. The largest absolute Gasteiger partial charge is 0.496 e. The molecule has 0 aliphatic carbocycles. The quantitative estimate of drug-likeness (QED) is 0.765. The summed E-state index contributed by atoms with van der Waals surface area (Å²) in [5.41, 5.74) is 1.03. The van der Waals surface area contributed by atoms with Gasteiger partial charge < -0.3 is 24.8 Å². The molecule has 1 atom stereocenters. The summed E-state index contributed by atoms with van der Waals surface area (Å²) >= 11 is 0. The fourth-order valence-electron chi connectivity index (χ4n) is 1.90. The van der Waals surface area contributed by atoms with Crippen LogP contribution in [0.2, 0.25) is 0 Å². The van der Waals surface area contributed by atoms with E-state index in [0.29, 0.717) is 11.5 Å². The molecule has 0 aliphatic heterocycles. The molecule has 0 saturated heterocycles. The Kier molecular flexibility index (Phi) is 5.74. The van der Waals surface area contributed by atoms with Crippen molar-refractivity contribution in [2.45, 2.75) is 6.04 Å². The van der Waals surface area contributed by atoms with Crippen LogP contribution in [-0.4, -0.2) is 42.0 Å². The maximum atomic E-state index is 5.41. The van der Waals surface area contributed by atoms with Crippen LogP contribution in [-0.2, 0) is 0 Å². The summed E-state index contributed by atoms with van der Waals surface area (Å²) in [6.07, 6.45) is 0. The number of ether oxygens (including phenoxy) is 3. The van der Waals surface area contributed by atoms with Gasteiger partial charge in [-0.05, 0) is 20.2 Å². The van der Waals surface area contributed by atoms with E-state index < -0.39 is 0 Å². The Morgan fingerprint density at radius 3 is 1.94 bits per heavy atom. The second-order valence-electron chi connectivity index (χ2n) is 3.85. The van der Waals surface area contributed by atoms with Crippen molar-refractivity contribution in [1.29, 1.82) is 0 Å². The molecule has 1 rings (SSSR count). The Bertz CT molecular complexity index is 383. The number of hydrogen-bond donors (Lipinski definition) is 2. The minimum atomic E-state index is 0.143.